The van der Waals surface area contributed by atoms with E-state index in [2.05, 4.69) is 24.1 Å². The number of fused-ring (bicyclic) bond motifs is 1. The topological polar surface area (TPSA) is 82.0 Å². The highest BCUT2D eigenvalue weighted by atomic mass is 32.1. The molecule has 0 radical (unpaired) electrons. The smallest absolute Gasteiger partial charge is 0.269 e. The Labute approximate surface area is 226 Å². The molecular weight excluding hydrogens is 502 g/mol. The number of methoxy groups -OCH3 is 3. The van der Waals surface area contributed by atoms with E-state index in [0.29, 0.717) is 38.6 Å². The molecule has 0 fully saturated rings. The molecule has 2 aromatic carbocycles. The standard InChI is InChI=1S/C29H35N3O5S/c1-7-31(8-2)12-9-13-32-28(34)24(17-19-15-22(35-4)26(37-6)23(16-19)36-5)38-29(32)25-20-14-18(3)10-11-21(20)30-27(25)33/h10-11,14-17H,7-9,12-13H2,1-6H3,(H,30,33)/b24-17-,29-25-. The van der Waals surface area contributed by atoms with E-state index in [1.54, 1.807) is 38.0 Å². The van der Waals surface area contributed by atoms with E-state index in [9.17, 15) is 9.59 Å². The van der Waals surface area contributed by atoms with Crippen molar-refractivity contribution in [3.63, 3.8) is 0 Å². The van der Waals surface area contributed by atoms with Gasteiger partial charge in [0.1, 0.15) is 4.66 Å². The Balaban J connectivity index is 1.93. The Bertz CT molecular complexity index is 1490. The summed E-state index contributed by atoms with van der Waals surface area (Å²) in [5.74, 6) is 1.30. The van der Waals surface area contributed by atoms with Crippen molar-refractivity contribution in [2.45, 2.75) is 33.7 Å². The van der Waals surface area contributed by atoms with Crippen molar-refractivity contribution >= 4 is 34.6 Å². The number of nitrogens with one attached hydrogen (secondary N) is 1. The van der Waals surface area contributed by atoms with Gasteiger partial charge < -0.3 is 24.4 Å². The fraction of sp³-hybridized carbons (Fsp3) is 0.379. The summed E-state index contributed by atoms with van der Waals surface area (Å²) in [7, 11) is 4.67. The summed E-state index contributed by atoms with van der Waals surface area (Å²) in [6, 6.07) is 9.49. The van der Waals surface area contributed by atoms with Crippen molar-refractivity contribution < 1.29 is 19.0 Å². The van der Waals surface area contributed by atoms with E-state index in [1.165, 1.54) is 11.3 Å². The number of carbonyl (C=O) groups excluding carboxylic acids is 1. The third-order valence-corrected chi connectivity index (χ3v) is 7.91. The van der Waals surface area contributed by atoms with Gasteiger partial charge in [-0.3, -0.25) is 14.2 Å². The van der Waals surface area contributed by atoms with Crippen molar-refractivity contribution in [1.82, 2.24) is 9.47 Å². The maximum atomic E-state index is 13.8. The molecule has 3 aromatic rings. The van der Waals surface area contributed by atoms with Crippen LogP contribution in [-0.4, -0.2) is 56.3 Å². The van der Waals surface area contributed by atoms with Gasteiger partial charge in [0.15, 0.2) is 11.5 Å². The molecule has 0 bridgehead atoms. The van der Waals surface area contributed by atoms with E-state index in [0.717, 1.165) is 48.4 Å². The van der Waals surface area contributed by atoms with Gasteiger partial charge in [0.05, 0.1) is 31.4 Å². The van der Waals surface area contributed by atoms with Crippen molar-refractivity contribution in [3.05, 3.63) is 66.6 Å². The van der Waals surface area contributed by atoms with Gasteiger partial charge in [0, 0.05) is 17.8 Å². The van der Waals surface area contributed by atoms with E-state index in [4.69, 9.17) is 14.2 Å². The van der Waals surface area contributed by atoms with Crippen LogP contribution in [0.2, 0.25) is 0 Å². The van der Waals surface area contributed by atoms with E-state index in [1.807, 2.05) is 31.2 Å². The van der Waals surface area contributed by atoms with Crippen LogP contribution in [0.25, 0.3) is 11.6 Å². The number of carbonyl (C=O) groups is 1. The molecule has 4 rings (SSSR count). The summed E-state index contributed by atoms with van der Waals surface area (Å²) in [4.78, 5) is 29.3. The van der Waals surface area contributed by atoms with Gasteiger partial charge in [0.25, 0.3) is 11.5 Å². The number of amides is 1. The molecule has 202 valence electrons. The SMILES string of the molecule is CCN(CC)CCCn1c(=O)/c(=C/c2cc(OC)c(OC)c(OC)c2)s/c1=C1\C(=O)Nc2ccc(C)cc21. The Morgan fingerprint density at radius 2 is 1.68 bits per heavy atom. The second kappa shape index (κ2) is 11.9. The van der Waals surface area contributed by atoms with Gasteiger partial charge in [-0.2, -0.15) is 0 Å². The Morgan fingerprint density at radius 3 is 2.29 bits per heavy atom. The molecule has 1 amide bonds. The van der Waals surface area contributed by atoms with Crippen LogP contribution in [0, 0.1) is 6.92 Å². The van der Waals surface area contributed by atoms with Crippen LogP contribution >= 0.6 is 11.3 Å². The number of thiazole rings is 1. The monoisotopic (exact) mass is 537 g/mol. The Hall–Kier alpha value is -3.56. The summed E-state index contributed by atoms with van der Waals surface area (Å²) >= 11 is 1.33. The molecule has 0 unspecified atom stereocenters. The molecule has 0 aliphatic carbocycles. The van der Waals surface area contributed by atoms with Crippen molar-refractivity contribution in [3.8, 4) is 17.2 Å². The summed E-state index contributed by atoms with van der Waals surface area (Å²) in [5.41, 5.74) is 3.79. The molecule has 1 N–H and O–H groups in total. The molecule has 38 heavy (non-hydrogen) atoms. The number of aryl methyl sites for hydroxylation is 1. The van der Waals surface area contributed by atoms with Gasteiger partial charge >= 0.3 is 0 Å². The summed E-state index contributed by atoms with van der Waals surface area (Å²) < 4.78 is 19.4. The van der Waals surface area contributed by atoms with Crippen LogP contribution in [0.1, 0.15) is 37.0 Å². The maximum Gasteiger partial charge on any atom is 0.269 e. The lowest BCUT2D eigenvalue weighted by Gasteiger charge is -2.17. The van der Waals surface area contributed by atoms with Crippen LogP contribution in [0.5, 0.6) is 17.2 Å². The van der Waals surface area contributed by atoms with Crippen molar-refractivity contribution in [2.75, 3.05) is 46.3 Å². The van der Waals surface area contributed by atoms with Gasteiger partial charge in [-0.25, -0.2) is 0 Å². The largest absolute Gasteiger partial charge is 0.493 e. The molecule has 9 heteroatoms. The molecule has 0 saturated carbocycles. The van der Waals surface area contributed by atoms with Crippen LogP contribution in [0.15, 0.2) is 35.1 Å². The number of nitrogens with zero attached hydrogens (tertiary/aromatic N) is 2. The Morgan fingerprint density at radius 1 is 1.00 bits per heavy atom. The third kappa shape index (κ3) is 5.35. The van der Waals surface area contributed by atoms with Gasteiger partial charge in [-0.15, -0.1) is 11.3 Å². The first kappa shape index (κ1) is 27.5. The molecule has 1 aliphatic heterocycles. The van der Waals surface area contributed by atoms with Gasteiger partial charge in [-0.1, -0.05) is 25.5 Å². The highest BCUT2D eigenvalue weighted by Gasteiger charge is 2.27. The molecule has 1 aliphatic rings. The minimum atomic E-state index is -0.191. The average Bonchev–Trinajstić information content (AvgIpc) is 3.40. The molecule has 0 spiro atoms. The molecule has 2 heterocycles. The van der Waals surface area contributed by atoms with E-state index >= 15 is 0 Å². The molecule has 1 aromatic heterocycles. The molecule has 0 saturated heterocycles. The zero-order valence-electron chi connectivity index (χ0n) is 22.8. The van der Waals surface area contributed by atoms with Gasteiger partial charge in [0.2, 0.25) is 5.75 Å². The molecule has 0 atom stereocenters. The maximum absolute atomic E-state index is 13.8. The zero-order chi connectivity index (χ0) is 27.4. The number of anilines is 1. The second-order valence-electron chi connectivity index (χ2n) is 9.09. The van der Waals surface area contributed by atoms with Crippen LogP contribution in [0.4, 0.5) is 5.69 Å². The normalized spacial score (nSPS) is 14.6. The zero-order valence-corrected chi connectivity index (χ0v) is 23.7. The fourth-order valence-corrected chi connectivity index (χ4v) is 5.92. The third-order valence-electron chi connectivity index (χ3n) is 6.78. The van der Waals surface area contributed by atoms with Crippen LogP contribution in [-0.2, 0) is 11.3 Å². The number of benzene rings is 2. The minimum Gasteiger partial charge on any atom is -0.493 e. The number of hydrogen-bond donors (Lipinski definition) is 1. The number of ether oxygens (including phenoxy) is 3. The highest BCUT2D eigenvalue weighted by Crippen LogP contribution is 2.38. The number of aromatic nitrogens is 1. The van der Waals surface area contributed by atoms with Crippen molar-refractivity contribution in [2.24, 2.45) is 0 Å². The lowest BCUT2D eigenvalue weighted by Crippen LogP contribution is -2.34. The summed E-state index contributed by atoms with van der Waals surface area (Å²) in [6.45, 7) is 9.56. The first-order valence-electron chi connectivity index (χ1n) is 12.8. The predicted octanol–water partition coefficient (Wildman–Crippen LogP) is 2.96. The number of rotatable bonds is 10. The lowest BCUT2D eigenvalue weighted by molar-refractivity contribution is -0.110. The first-order chi connectivity index (χ1) is 18.3. The fourth-order valence-electron chi connectivity index (χ4n) is 4.73. The summed E-state index contributed by atoms with van der Waals surface area (Å²) in [5, 5.41) is 2.96. The van der Waals surface area contributed by atoms with Crippen LogP contribution < -0.4 is 34.3 Å². The minimum absolute atomic E-state index is 0.125. The van der Waals surface area contributed by atoms with E-state index < -0.39 is 0 Å². The number of hydrogen-bond acceptors (Lipinski definition) is 7. The lowest BCUT2D eigenvalue weighted by atomic mass is 10.1. The Kier molecular flexibility index (Phi) is 8.58. The average molecular weight is 538 g/mol. The van der Waals surface area contributed by atoms with E-state index in [-0.39, 0.29) is 11.5 Å². The second-order valence-corrected chi connectivity index (χ2v) is 10.1. The predicted molar refractivity (Wildman–Crippen MR) is 152 cm³/mol. The first-order valence-corrected chi connectivity index (χ1v) is 13.6. The molecular formula is C29H35N3O5S. The van der Waals surface area contributed by atoms with Crippen molar-refractivity contribution in [1.29, 1.82) is 0 Å². The summed E-state index contributed by atoms with van der Waals surface area (Å²) in [6.07, 6.45) is 2.61. The quantitative estimate of drug-likeness (QED) is 0.428. The highest BCUT2D eigenvalue weighted by molar-refractivity contribution is 7.07. The molecule has 8 nitrogen and oxygen atoms in total. The van der Waals surface area contributed by atoms with Gasteiger partial charge in [-0.05, 0) is 68.9 Å². The van der Waals surface area contributed by atoms with Crippen LogP contribution in [0.3, 0.4) is 0 Å².